The SMILES string of the molecule is C[C@@H]1CCC[C@H](C)S1. The van der Waals surface area contributed by atoms with Crippen LogP contribution in [0.3, 0.4) is 0 Å². The fraction of sp³-hybridized carbons (Fsp3) is 1.00. The molecule has 1 aliphatic rings. The first-order valence-corrected chi connectivity index (χ1v) is 4.39. The van der Waals surface area contributed by atoms with E-state index in [1.54, 1.807) is 0 Å². The van der Waals surface area contributed by atoms with Gasteiger partial charge in [0, 0.05) is 10.5 Å². The van der Waals surface area contributed by atoms with Gasteiger partial charge in [-0.05, 0) is 12.8 Å². The van der Waals surface area contributed by atoms with Crippen LogP contribution < -0.4 is 0 Å². The largest absolute Gasteiger partial charge is 0.156 e. The van der Waals surface area contributed by atoms with E-state index in [-0.39, 0.29) is 0 Å². The lowest BCUT2D eigenvalue weighted by Gasteiger charge is -2.22. The van der Waals surface area contributed by atoms with Crippen molar-refractivity contribution in [1.29, 1.82) is 0 Å². The number of hydrogen-bond acceptors (Lipinski definition) is 1. The number of hydrogen-bond donors (Lipinski definition) is 0. The topological polar surface area (TPSA) is 0 Å². The highest BCUT2D eigenvalue weighted by molar-refractivity contribution is 8.00. The zero-order valence-corrected chi connectivity index (χ0v) is 6.50. The Morgan fingerprint density at radius 3 is 1.88 bits per heavy atom. The summed E-state index contributed by atoms with van der Waals surface area (Å²) in [6, 6.07) is 0. The first kappa shape index (κ1) is 6.47. The Morgan fingerprint density at radius 1 is 1.12 bits per heavy atom. The summed E-state index contributed by atoms with van der Waals surface area (Å²) in [6.45, 7) is 4.67. The van der Waals surface area contributed by atoms with Gasteiger partial charge in [-0.2, -0.15) is 11.8 Å². The molecule has 1 fully saturated rings. The van der Waals surface area contributed by atoms with Crippen LogP contribution in [-0.4, -0.2) is 10.5 Å². The molecular weight excluding hydrogens is 116 g/mol. The molecule has 0 aliphatic carbocycles. The molecule has 8 heavy (non-hydrogen) atoms. The summed E-state index contributed by atoms with van der Waals surface area (Å²) in [4.78, 5) is 0. The predicted octanol–water partition coefficient (Wildman–Crippen LogP) is 2.68. The quantitative estimate of drug-likeness (QED) is 0.486. The maximum Gasteiger partial charge on any atom is 0.00214 e. The van der Waals surface area contributed by atoms with Crippen molar-refractivity contribution in [3.05, 3.63) is 0 Å². The molecule has 0 aromatic rings. The summed E-state index contributed by atoms with van der Waals surface area (Å²) in [5.74, 6) is 0. The molecule has 0 N–H and O–H groups in total. The van der Waals surface area contributed by atoms with E-state index in [9.17, 15) is 0 Å². The molecule has 0 aromatic carbocycles. The van der Waals surface area contributed by atoms with E-state index < -0.39 is 0 Å². The van der Waals surface area contributed by atoms with Crippen LogP contribution in [0.15, 0.2) is 0 Å². The standard InChI is InChI=1S/C7H14S/c1-6-4-3-5-7(2)8-6/h6-7H,3-5H2,1-2H3/t6-,7+. The average Bonchev–Trinajstić information content (AvgIpc) is 1.64. The molecule has 2 atom stereocenters. The van der Waals surface area contributed by atoms with Crippen LogP contribution in [0.4, 0.5) is 0 Å². The summed E-state index contributed by atoms with van der Waals surface area (Å²) < 4.78 is 0. The molecule has 48 valence electrons. The third kappa shape index (κ3) is 1.70. The molecule has 0 unspecified atom stereocenters. The van der Waals surface area contributed by atoms with Crippen molar-refractivity contribution in [3.63, 3.8) is 0 Å². The Bertz CT molecular complexity index is 62.8. The molecule has 0 spiro atoms. The lowest BCUT2D eigenvalue weighted by atomic mass is 10.1. The van der Waals surface area contributed by atoms with Gasteiger partial charge in [0.15, 0.2) is 0 Å². The molecule has 0 bridgehead atoms. The fourth-order valence-electron chi connectivity index (χ4n) is 1.23. The van der Waals surface area contributed by atoms with Gasteiger partial charge in [0.2, 0.25) is 0 Å². The Labute approximate surface area is 56.0 Å². The predicted molar refractivity (Wildman–Crippen MR) is 40.4 cm³/mol. The molecule has 0 amide bonds. The zero-order chi connectivity index (χ0) is 5.98. The molecule has 1 heterocycles. The van der Waals surface area contributed by atoms with Gasteiger partial charge in [-0.3, -0.25) is 0 Å². The zero-order valence-electron chi connectivity index (χ0n) is 5.68. The van der Waals surface area contributed by atoms with E-state index in [2.05, 4.69) is 25.6 Å². The molecule has 1 heteroatoms. The van der Waals surface area contributed by atoms with Crippen molar-refractivity contribution < 1.29 is 0 Å². The van der Waals surface area contributed by atoms with E-state index in [1.807, 2.05) is 0 Å². The lowest BCUT2D eigenvalue weighted by molar-refractivity contribution is 0.641. The number of rotatable bonds is 0. The van der Waals surface area contributed by atoms with Crippen molar-refractivity contribution in [2.24, 2.45) is 0 Å². The van der Waals surface area contributed by atoms with Gasteiger partial charge in [-0.15, -0.1) is 0 Å². The minimum absolute atomic E-state index is 0.929. The minimum atomic E-state index is 0.929. The van der Waals surface area contributed by atoms with Crippen molar-refractivity contribution in [1.82, 2.24) is 0 Å². The van der Waals surface area contributed by atoms with Gasteiger partial charge in [0.05, 0.1) is 0 Å². The van der Waals surface area contributed by atoms with E-state index in [0.717, 1.165) is 10.5 Å². The van der Waals surface area contributed by atoms with Gasteiger partial charge >= 0.3 is 0 Å². The summed E-state index contributed by atoms with van der Waals surface area (Å²) in [5, 5.41) is 1.86. The fourth-order valence-corrected chi connectivity index (χ4v) is 2.62. The van der Waals surface area contributed by atoms with E-state index in [4.69, 9.17) is 0 Å². The van der Waals surface area contributed by atoms with Crippen molar-refractivity contribution in [3.8, 4) is 0 Å². The van der Waals surface area contributed by atoms with E-state index >= 15 is 0 Å². The molecule has 1 aliphatic heterocycles. The molecule has 1 rings (SSSR count). The van der Waals surface area contributed by atoms with Crippen LogP contribution in [0.25, 0.3) is 0 Å². The Hall–Kier alpha value is 0.350. The highest BCUT2D eigenvalue weighted by Gasteiger charge is 2.14. The van der Waals surface area contributed by atoms with E-state index in [0.29, 0.717) is 0 Å². The van der Waals surface area contributed by atoms with Crippen LogP contribution in [0.5, 0.6) is 0 Å². The van der Waals surface area contributed by atoms with Crippen LogP contribution in [0.2, 0.25) is 0 Å². The lowest BCUT2D eigenvalue weighted by Crippen LogP contribution is -2.11. The van der Waals surface area contributed by atoms with Crippen molar-refractivity contribution in [2.45, 2.75) is 43.6 Å². The second-order valence-corrected chi connectivity index (χ2v) is 4.57. The second kappa shape index (κ2) is 2.77. The minimum Gasteiger partial charge on any atom is -0.156 e. The van der Waals surface area contributed by atoms with Gasteiger partial charge in [-0.1, -0.05) is 20.3 Å². The molecule has 1 saturated heterocycles. The molecule has 0 aromatic heterocycles. The summed E-state index contributed by atoms with van der Waals surface area (Å²) in [7, 11) is 0. The Balaban J connectivity index is 2.23. The summed E-state index contributed by atoms with van der Waals surface area (Å²) in [5.41, 5.74) is 0. The first-order valence-electron chi connectivity index (χ1n) is 3.44. The highest BCUT2D eigenvalue weighted by atomic mass is 32.2. The average molecular weight is 130 g/mol. The van der Waals surface area contributed by atoms with Gasteiger partial charge in [-0.25, -0.2) is 0 Å². The molecular formula is C7H14S. The van der Waals surface area contributed by atoms with Crippen LogP contribution >= 0.6 is 11.8 Å². The molecule has 0 radical (unpaired) electrons. The third-order valence-electron chi connectivity index (χ3n) is 1.69. The maximum absolute atomic E-state index is 2.33. The smallest absolute Gasteiger partial charge is 0.00214 e. The highest BCUT2D eigenvalue weighted by Crippen LogP contribution is 2.30. The van der Waals surface area contributed by atoms with Gasteiger partial charge in [0.25, 0.3) is 0 Å². The third-order valence-corrected chi connectivity index (χ3v) is 3.09. The monoisotopic (exact) mass is 130 g/mol. The molecule has 0 saturated carbocycles. The Kier molecular flexibility index (Phi) is 2.24. The normalized spacial score (nSPS) is 39.8. The Morgan fingerprint density at radius 2 is 1.62 bits per heavy atom. The van der Waals surface area contributed by atoms with Crippen LogP contribution in [-0.2, 0) is 0 Å². The van der Waals surface area contributed by atoms with Gasteiger partial charge in [0.1, 0.15) is 0 Å². The molecule has 0 nitrogen and oxygen atoms in total. The maximum atomic E-state index is 2.33. The van der Waals surface area contributed by atoms with Crippen LogP contribution in [0.1, 0.15) is 33.1 Å². The van der Waals surface area contributed by atoms with Crippen LogP contribution in [0, 0.1) is 0 Å². The van der Waals surface area contributed by atoms with Crippen molar-refractivity contribution >= 4 is 11.8 Å². The van der Waals surface area contributed by atoms with E-state index in [1.165, 1.54) is 19.3 Å². The first-order chi connectivity index (χ1) is 3.79. The summed E-state index contributed by atoms with van der Waals surface area (Å²) in [6.07, 6.45) is 4.33. The second-order valence-electron chi connectivity index (χ2n) is 2.69. The van der Waals surface area contributed by atoms with Gasteiger partial charge < -0.3 is 0 Å². The summed E-state index contributed by atoms with van der Waals surface area (Å²) >= 11 is 2.14. The van der Waals surface area contributed by atoms with Crippen molar-refractivity contribution in [2.75, 3.05) is 0 Å². The number of thioether (sulfide) groups is 1.